The molecule has 0 bridgehead atoms. The molecule has 5 aromatic carbocycles. The van der Waals surface area contributed by atoms with E-state index >= 15 is 0 Å². The summed E-state index contributed by atoms with van der Waals surface area (Å²) in [5.41, 5.74) is 6.21. The quantitative estimate of drug-likeness (QED) is 0.182. The Morgan fingerprint density at radius 3 is 2.29 bits per heavy atom. The maximum atomic E-state index is 14.0. The summed E-state index contributed by atoms with van der Waals surface area (Å²) in [6.07, 6.45) is 2.06. The van der Waals surface area contributed by atoms with Crippen molar-refractivity contribution in [2.75, 3.05) is 0 Å². The molecule has 0 unspecified atom stereocenters. The fraction of sp³-hybridized carbons (Fsp3) is 0.0645. The molecule has 0 saturated heterocycles. The molecule has 2 heterocycles. The predicted octanol–water partition coefficient (Wildman–Crippen LogP) is 6.07. The minimum absolute atomic E-state index is 0.0525. The van der Waals surface area contributed by atoms with Crippen molar-refractivity contribution >= 4 is 54.8 Å². The summed E-state index contributed by atoms with van der Waals surface area (Å²) < 4.78 is 1.77. The van der Waals surface area contributed by atoms with Crippen LogP contribution in [0.4, 0.5) is 0 Å². The van der Waals surface area contributed by atoms with Gasteiger partial charge >= 0.3 is 0 Å². The van der Waals surface area contributed by atoms with Gasteiger partial charge in [0, 0.05) is 32.7 Å². The molecule has 0 saturated carbocycles. The monoisotopic (exact) mass is 450 g/mol. The molecule has 35 heavy (non-hydrogen) atoms. The molecule has 8 rings (SSSR count). The van der Waals surface area contributed by atoms with Gasteiger partial charge in [0.05, 0.1) is 11.0 Å². The maximum absolute atomic E-state index is 14.0. The number of rotatable bonds is 2. The molecule has 0 atom stereocenters. The minimum atomic E-state index is -0.101. The van der Waals surface area contributed by atoms with Gasteiger partial charge in [-0.1, -0.05) is 60.7 Å². The molecule has 1 aliphatic carbocycles. The topological polar surface area (TPSA) is 51.4 Å². The summed E-state index contributed by atoms with van der Waals surface area (Å²) in [5, 5.41) is 5.38. The van der Waals surface area contributed by atoms with Crippen LogP contribution >= 0.6 is 0 Å². The van der Waals surface area contributed by atoms with Crippen LogP contribution in [0.25, 0.3) is 49.0 Å². The molecule has 0 fully saturated rings. The standard InChI is InChI=1S/C31H18N2O2/c34-29(19-5-2-1-3-6-19)21-13-14-23-27-20(21)7-4-8-22(27)30-32-24-15-11-17-9-10-18-12-16-25(28(24)26(17)18)33(30)31(23)35/h1-8,11-16H,9-10H2. The molecule has 0 aliphatic heterocycles. The van der Waals surface area contributed by atoms with Crippen LogP contribution in [0.15, 0.2) is 89.7 Å². The molecule has 4 nitrogen and oxygen atoms in total. The van der Waals surface area contributed by atoms with E-state index < -0.39 is 0 Å². The molecular formula is C31H18N2O2. The van der Waals surface area contributed by atoms with E-state index in [0.29, 0.717) is 22.2 Å². The SMILES string of the molecule is O=C(c1ccccc1)c1ccc2c(=O)n3c4ccc5c6c(ccc(nc3c3cccc1c23)c64)CC5. The maximum Gasteiger partial charge on any atom is 0.264 e. The molecule has 0 N–H and O–H groups in total. The summed E-state index contributed by atoms with van der Waals surface area (Å²) in [6.45, 7) is 0. The number of pyridine rings is 1. The Labute approximate surface area is 199 Å². The van der Waals surface area contributed by atoms with Crippen LogP contribution in [0.5, 0.6) is 0 Å². The van der Waals surface area contributed by atoms with E-state index in [0.717, 1.165) is 45.4 Å². The van der Waals surface area contributed by atoms with Crippen molar-refractivity contribution in [3.8, 4) is 0 Å². The summed E-state index contributed by atoms with van der Waals surface area (Å²) in [5.74, 6) is -0.0525. The molecule has 0 amide bonds. The first-order valence-corrected chi connectivity index (χ1v) is 11.9. The highest BCUT2D eigenvalue weighted by Crippen LogP contribution is 2.38. The van der Waals surface area contributed by atoms with Gasteiger partial charge in [-0.25, -0.2) is 4.98 Å². The van der Waals surface area contributed by atoms with Crippen molar-refractivity contribution in [2.24, 2.45) is 0 Å². The van der Waals surface area contributed by atoms with Crippen LogP contribution < -0.4 is 5.56 Å². The molecule has 164 valence electrons. The highest BCUT2D eigenvalue weighted by molar-refractivity contribution is 6.24. The minimum Gasteiger partial charge on any atom is -0.289 e. The Hall–Kier alpha value is -4.57. The van der Waals surface area contributed by atoms with Crippen LogP contribution in [0.1, 0.15) is 27.0 Å². The first kappa shape index (κ1) is 18.8. The van der Waals surface area contributed by atoms with Crippen LogP contribution in [0, 0.1) is 0 Å². The summed E-state index contributed by atoms with van der Waals surface area (Å²) in [7, 11) is 0. The first-order chi connectivity index (χ1) is 17.2. The number of ketones is 1. The molecular weight excluding hydrogens is 432 g/mol. The number of hydrogen-bond donors (Lipinski definition) is 0. The van der Waals surface area contributed by atoms with Gasteiger partial charge in [0.1, 0.15) is 5.65 Å². The smallest absolute Gasteiger partial charge is 0.264 e. The Morgan fingerprint density at radius 2 is 1.46 bits per heavy atom. The van der Waals surface area contributed by atoms with E-state index in [9.17, 15) is 9.59 Å². The lowest BCUT2D eigenvalue weighted by atomic mass is 9.93. The van der Waals surface area contributed by atoms with E-state index in [1.54, 1.807) is 16.5 Å². The van der Waals surface area contributed by atoms with E-state index in [1.165, 1.54) is 16.5 Å². The fourth-order valence-electron chi connectivity index (χ4n) is 6.07. The molecule has 4 heteroatoms. The van der Waals surface area contributed by atoms with Gasteiger partial charge in [-0.3, -0.25) is 14.0 Å². The van der Waals surface area contributed by atoms with Gasteiger partial charge in [-0.05, 0) is 59.0 Å². The number of benzene rings is 5. The van der Waals surface area contributed by atoms with Crippen molar-refractivity contribution in [3.05, 3.63) is 118 Å². The Kier molecular flexibility index (Phi) is 3.50. The molecule has 0 spiro atoms. The van der Waals surface area contributed by atoms with Gasteiger partial charge in [0.25, 0.3) is 5.56 Å². The predicted molar refractivity (Wildman–Crippen MR) is 140 cm³/mol. The summed E-state index contributed by atoms with van der Waals surface area (Å²) in [6, 6.07) is 27.2. The summed E-state index contributed by atoms with van der Waals surface area (Å²) >= 11 is 0. The van der Waals surface area contributed by atoms with E-state index in [2.05, 4.69) is 24.3 Å². The van der Waals surface area contributed by atoms with Crippen LogP contribution in [-0.2, 0) is 12.8 Å². The van der Waals surface area contributed by atoms with Gasteiger partial charge in [-0.15, -0.1) is 0 Å². The number of fused-ring (bicyclic) bond motifs is 3. The van der Waals surface area contributed by atoms with E-state index in [1.807, 2.05) is 48.5 Å². The number of aryl methyl sites for hydroxylation is 2. The normalized spacial score (nSPS) is 13.1. The van der Waals surface area contributed by atoms with Crippen LogP contribution in [0.3, 0.4) is 0 Å². The van der Waals surface area contributed by atoms with Crippen molar-refractivity contribution < 1.29 is 4.79 Å². The molecule has 1 aliphatic rings. The third-order valence-electron chi connectivity index (χ3n) is 7.63. The first-order valence-electron chi connectivity index (χ1n) is 11.9. The van der Waals surface area contributed by atoms with Gasteiger partial charge in [0.15, 0.2) is 5.78 Å². The van der Waals surface area contributed by atoms with Crippen LogP contribution in [0.2, 0.25) is 0 Å². The van der Waals surface area contributed by atoms with E-state index in [-0.39, 0.29) is 11.3 Å². The van der Waals surface area contributed by atoms with E-state index in [4.69, 9.17) is 4.98 Å². The zero-order chi connectivity index (χ0) is 23.3. The second-order valence-electron chi connectivity index (χ2n) is 9.40. The van der Waals surface area contributed by atoms with Crippen molar-refractivity contribution in [1.29, 1.82) is 0 Å². The Balaban J connectivity index is 1.55. The lowest BCUT2D eigenvalue weighted by Crippen LogP contribution is -2.17. The number of carbonyl (C=O) groups is 1. The van der Waals surface area contributed by atoms with Crippen molar-refractivity contribution in [1.82, 2.24) is 9.38 Å². The van der Waals surface area contributed by atoms with Gasteiger partial charge < -0.3 is 0 Å². The highest BCUT2D eigenvalue weighted by atomic mass is 16.1. The number of carbonyl (C=O) groups excluding carboxylic acids is 1. The Morgan fingerprint density at radius 1 is 0.686 bits per heavy atom. The largest absolute Gasteiger partial charge is 0.289 e. The van der Waals surface area contributed by atoms with Crippen molar-refractivity contribution in [2.45, 2.75) is 12.8 Å². The average molecular weight is 450 g/mol. The van der Waals surface area contributed by atoms with Crippen molar-refractivity contribution in [3.63, 3.8) is 0 Å². The summed E-state index contributed by atoms with van der Waals surface area (Å²) in [4.78, 5) is 32.4. The highest BCUT2D eigenvalue weighted by Gasteiger charge is 2.23. The second-order valence-corrected chi connectivity index (χ2v) is 9.40. The zero-order valence-corrected chi connectivity index (χ0v) is 18.7. The third-order valence-corrected chi connectivity index (χ3v) is 7.63. The molecule has 7 aromatic rings. The van der Waals surface area contributed by atoms with Gasteiger partial charge in [-0.2, -0.15) is 0 Å². The third kappa shape index (κ3) is 2.33. The lowest BCUT2D eigenvalue weighted by molar-refractivity contribution is 0.104. The average Bonchev–Trinajstić information content (AvgIpc) is 3.34. The molecule has 0 radical (unpaired) electrons. The van der Waals surface area contributed by atoms with Crippen LogP contribution in [-0.4, -0.2) is 15.2 Å². The number of nitrogens with zero attached hydrogens (tertiary/aromatic N) is 2. The number of hydrogen-bond acceptors (Lipinski definition) is 3. The van der Waals surface area contributed by atoms with Gasteiger partial charge in [0.2, 0.25) is 0 Å². The zero-order valence-electron chi connectivity index (χ0n) is 18.7. The fourth-order valence-corrected chi connectivity index (χ4v) is 6.07. The Bertz CT molecular complexity index is 2080. The second kappa shape index (κ2) is 6.51. The lowest BCUT2D eigenvalue weighted by Gasteiger charge is -2.16. The molecule has 2 aromatic heterocycles. The number of aromatic nitrogens is 2.